The Morgan fingerprint density at radius 2 is 1.85 bits per heavy atom. The van der Waals surface area contributed by atoms with E-state index < -0.39 is 18.0 Å². The summed E-state index contributed by atoms with van der Waals surface area (Å²) in [6.07, 6.45) is 0.592. The smallest absolute Gasteiger partial charge is 0.335 e. The summed E-state index contributed by atoms with van der Waals surface area (Å²) in [5.41, 5.74) is 2.19. The van der Waals surface area contributed by atoms with E-state index in [9.17, 15) is 14.7 Å². The minimum atomic E-state index is -0.955. The molecule has 1 atom stereocenters. The fourth-order valence-corrected chi connectivity index (χ4v) is 2.63. The van der Waals surface area contributed by atoms with E-state index in [1.165, 1.54) is 0 Å². The lowest BCUT2D eigenvalue weighted by atomic mass is 10.0. The van der Waals surface area contributed by atoms with E-state index in [4.69, 9.17) is 5.11 Å². The van der Waals surface area contributed by atoms with E-state index in [2.05, 4.69) is 0 Å². The van der Waals surface area contributed by atoms with Gasteiger partial charge < -0.3 is 10.2 Å². The van der Waals surface area contributed by atoms with Crippen LogP contribution in [0.3, 0.4) is 0 Å². The average molecular weight is 277 g/mol. The summed E-state index contributed by atoms with van der Waals surface area (Å²) in [7, 11) is 0. The van der Waals surface area contributed by atoms with Gasteiger partial charge in [0.2, 0.25) is 0 Å². The van der Waals surface area contributed by atoms with Crippen LogP contribution in [0.2, 0.25) is 0 Å². The summed E-state index contributed by atoms with van der Waals surface area (Å²) in [5.74, 6) is -1.47. The number of carbonyl (C=O) groups is 2. The number of fused-ring (bicyclic) bond motifs is 1. The first-order chi connectivity index (χ1) is 9.38. The number of carboxylic acids is 2. The standard InChI is InChI=1S/C15H19NO4/c1-9(2)5-13(15(19)20)16-7-11-4-3-10(14(17)18)6-12(11)8-16/h3-4,6,9,13H,5,7-8H2,1-2H3,(H,17,18)(H,19,20). The van der Waals surface area contributed by atoms with Crippen LogP contribution in [0.15, 0.2) is 18.2 Å². The molecule has 0 saturated carbocycles. The molecule has 108 valence electrons. The molecule has 5 heteroatoms. The number of hydrogen-bond acceptors (Lipinski definition) is 3. The van der Waals surface area contributed by atoms with Gasteiger partial charge in [-0.1, -0.05) is 19.9 Å². The number of aliphatic carboxylic acids is 1. The Kier molecular flexibility index (Phi) is 4.09. The number of aromatic carboxylic acids is 1. The van der Waals surface area contributed by atoms with Crippen LogP contribution >= 0.6 is 0 Å². The Bertz CT molecular complexity index is 539. The molecule has 0 bridgehead atoms. The zero-order valence-corrected chi connectivity index (χ0v) is 11.7. The summed E-state index contributed by atoms with van der Waals surface area (Å²) in [5, 5.41) is 18.4. The molecule has 2 rings (SSSR count). The van der Waals surface area contributed by atoms with Gasteiger partial charge in [-0.15, -0.1) is 0 Å². The maximum Gasteiger partial charge on any atom is 0.335 e. The second-order valence-corrected chi connectivity index (χ2v) is 5.68. The third-order valence-corrected chi connectivity index (χ3v) is 3.62. The van der Waals surface area contributed by atoms with Crippen molar-refractivity contribution in [1.82, 2.24) is 4.90 Å². The van der Waals surface area contributed by atoms with E-state index >= 15 is 0 Å². The Morgan fingerprint density at radius 1 is 1.20 bits per heavy atom. The van der Waals surface area contributed by atoms with Gasteiger partial charge in [-0.05, 0) is 35.6 Å². The number of hydrogen-bond donors (Lipinski definition) is 2. The summed E-state index contributed by atoms with van der Waals surface area (Å²) in [4.78, 5) is 24.3. The van der Waals surface area contributed by atoms with Crippen LogP contribution < -0.4 is 0 Å². The van der Waals surface area contributed by atoms with Gasteiger partial charge in [0.25, 0.3) is 0 Å². The maximum absolute atomic E-state index is 11.4. The molecule has 1 unspecified atom stereocenters. The molecular formula is C15H19NO4. The summed E-state index contributed by atoms with van der Waals surface area (Å²) < 4.78 is 0. The van der Waals surface area contributed by atoms with Crippen molar-refractivity contribution in [1.29, 1.82) is 0 Å². The lowest BCUT2D eigenvalue weighted by Gasteiger charge is -2.25. The number of benzene rings is 1. The molecule has 0 spiro atoms. The largest absolute Gasteiger partial charge is 0.480 e. The summed E-state index contributed by atoms with van der Waals surface area (Å²) >= 11 is 0. The van der Waals surface area contributed by atoms with Gasteiger partial charge in [-0.3, -0.25) is 9.69 Å². The van der Waals surface area contributed by atoms with Gasteiger partial charge in [0.15, 0.2) is 0 Å². The van der Waals surface area contributed by atoms with Crippen LogP contribution in [-0.4, -0.2) is 33.1 Å². The van der Waals surface area contributed by atoms with E-state index in [0.717, 1.165) is 11.1 Å². The normalized spacial score (nSPS) is 16.1. The molecule has 1 heterocycles. The molecule has 20 heavy (non-hydrogen) atoms. The minimum absolute atomic E-state index is 0.251. The molecule has 0 aliphatic carbocycles. The Balaban J connectivity index is 2.18. The molecule has 2 N–H and O–H groups in total. The van der Waals surface area contributed by atoms with Gasteiger partial charge >= 0.3 is 11.9 Å². The van der Waals surface area contributed by atoms with Crippen LogP contribution in [-0.2, 0) is 17.9 Å². The Morgan fingerprint density at radius 3 is 2.40 bits per heavy atom. The summed E-state index contributed by atoms with van der Waals surface area (Å²) in [6.45, 7) is 5.07. The molecule has 0 amide bonds. The van der Waals surface area contributed by atoms with Crippen LogP contribution in [0.25, 0.3) is 0 Å². The molecule has 0 aromatic heterocycles. The van der Waals surface area contributed by atoms with Crippen molar-refractivity contribution >= 4 is 11.9 Å². The van der Waals surface area contributed by atoms with E-state index in [1.54, 1.807) is 18.2 Å². The molecule has 1 aromatic rings. The molecule has 0 saturated heterocycles. The highest BCUT2D eigenvalue weighted by Crippen LogP contribution is 2.27. The van der Waals surface area contributed by atoms with Crippen LogP contribution in [0.4, 0.5) is 0 Å². The minimum Gasteiger partial charge on any atom is -0.480 e. The fourth-order valence-electron chi connectivity index (χ4n) is 2.63. The van der Waals surface area contributed by atoms with Crippen molar-refractivity contribution in [3.05, 3.63) is 34.9 Å². The van der Waals surface area contributed by atoms with Crippen molar-refractivity contribution in [2.75, 3.05) is 0 Å². The monoisotopic (exact) mass is 277 g/mol. The Labute approximate surface area is 117 Å². The van der Waals surface area contributed by atoms with Gasteiger partial charge in [0, 0.05) is 13.1 Å². The second kappa shape index (κ2) is 5.63. The van der Waals surface area contributed by atoms with Crippen molar-refractivity contribution in [3.63, 3.8) is 0 Å². The first kappa shape index (κ1) is 14.5. The van der Waals surface area contributed by atoms with Gasteiger partial charge in [0.05, 0.1) is 5.56 Å². The van der Waals surface area contributed by atoms with Gasteiger partial charge in [-0.2, -0.15) is 0 Å². The second-order valence-electron chi connectivity index (χ2n) is 5.68. The third kappa shape index (κ3) is 2.99. The zero-order valence-electron chi connectivity index (χ0n) is 11.7. The molecule has 1 aromatic carbocycles. The average Bonchev–Trinajstić information content (AvgIpc) is 2.77. The molecule has 0 fully saturated rings. The van der Waals surface area contributed by atoms with Gasteiger partial charge in [0.1, 0.15) is 6.04 Å². The Hall–Kier alpha value is -1.88. The maximum atomic E-state index is 11.4. The van der Waals surface area contributed by atoms with Crippen LogP contribution in [0.1, 0.15) is 41.8 Å². The lowest BCUT2D eigenvalue weighted by molar-refractivity contribution is -0.144. The van der Waals surface area contributed by atoms with Crippen LogP contribution in [0, 0.1) is 5.92 Å². The number of nitrogens with zero attached hydrogens (tertiary/aromatic N) is 1. The highest BCUT2D eigenvalue weighted by atomic mass is 16.4. The molecule has 5 nitrogen and oxygen atoms in total. The van der Waals surface area contributed by atoms with Crippen molar-refractivity contribution < 1.29 is 19.8 Å². The first-order valence-corrected chi connectivity index (χ1v) is 6.70. The lowest BCUT2D eigenvalue weighted by Crippen LogP contribution is -2.38. The molecule has 1 aliphatic heterocycles. The topological polar surface area (TPSA) is 77.8 Å². The quantitative estimate of drug-likeness (QED) is 0.862. The predicted octanol–water partition coefficient (Wildman–Crippen LogP) is 2.20. The highest BCUT2D eigenvalue weighted by molar-refractivity contribution is 5.88. The molecule has 0 radical (unpaired) electrons. The predicted molar refractivity (Wildman–Crippen MR) is 73.5 cm³/mol. The highest BCUT2D eigenvalue weighted by Gasteiger charge is 2.31. The number of carboxylic acid groups (broad SMARTS) is 2. The van der Waals surface area contributed by atoms with Crippen molar-refractivity contribution in [2.24, 2.45) is 5.92 Å². The SMILES string of the molecule is CC(C)CC(C(=O)O)N1Cc2ccc(C(=O)O)cc2C1. The zero-order chi connectivity index (χ0) is 14.9. The molecule has 1 aliphatic rings. The van der Waals surface area contributed by atoms with E-state index in [1.807, 2.05) is 18.7 Å². The fraction of sp³-hybridized carbons (Fsp3) is 0.467. The van der Waals surface area contributed by atoms with E-state index in [-0.39, 0.29) is 5.56 Å². The summed E-state index contributed by atoms with van der Waals surface area (Å²) in [6, 6.07) is 4.48. The first-order valence-electron chi connectivity index (χ1n) is 6.70. The van der Waals surface area contributed by atoms with Gasteiger partial charge in [-0.25, -0.2) is 4.79 Å². The molecular weight excluding hydrogens is 258 g/mol. The number of rotatable bonds is 5. The van der Waals surface area contributed by atoms with Crippen molar-refractivity contribution in [2.45, 2.75) is 39.4 Å². The van der Waals surface area contributed by atoms with Crippen LogP contribution in [0.5, 0.6) is 0 Å². The van der Waals surface area contributed by atoms with E-state index in [0.29, 0.717) is 25.4 Å². The van der Waals surface area contributed by atoms with Crippen molar-refractivity contribution in [3.8, 4) is 0 Å². The third-order valence-electron chi connectivity index (χ3n) is 3.62.